The van der Waals surface area contributed by atoms with Crippen LogP contribution < -0.4 is 5.32 Å². The second kappa shape index (κ2) is 6.02. The van der Waals surface area contributed by atoms with Crippen molar-refractivity contribution < 1.29 is 9.53 Å². The molecule has 2 saturated carbocycles. The van der Waals surface area contributed by atoms with Gasteiger partial charge in [-0.3, -0.25) is 4.79 Å². The number of carbonyl (C=O) groups is 1. The van der Waals surface area contributed by atoms with Gasteiger partial charge in [-0.05, 0) is 57.0 Å². The van der Waals surface area contributed by atoms with Crippen LogP contribution in [-0.2, 0) is 9.53 Å². The van der Waals surface area contributed by atoms with Crippen LogP contribution in [0.25, 0.3) is 0 Å². The molecule has 0 aromatic heterocycles. The summed E-state index contributed by atoms with van der Waals surface area (Å²) in [6, 6.07) is 0.412. The number of piperidine rings is 1. The van der Waals surface area contributed by atoms with Crippen molar-refractivity contribution in [1.29, 1.82) is 0 Å². The largest absolute Gasteiger partial charge is 0.468 e. The third-order valence-corrected chi connectivity index (χ3v) is 5.52. The van der Waals surface area contributed by atoms with E-state index in [0.29, 0.717) is 11.5 Å². The molecule has 1 spiro atoms. The second-order valence-electron chi connectivity index (χ2n) is 7.02. The molecular weight excluding hydrogens is 252 g/mol. The van der Waals surface area contributed by atoms with Crippen LogP contribution in [0.3, 0.4) is 0 Å². The van der Waals surface area contributed by atoms with Crippen molar-refractivity contribution in [3.63, 3.8) is 0 Å². The van der Waals surface area contributed by atoms with Gasteiger partial charge in [0, 0.05) is 12.6 Å². The zero-order valence-corrected chi connectivity index (χ0v) is 12.7. The number of carbonyl (C=O) groups excluding carboxylic acids is 1. The number of likely N-dealkylation sites (tertiary alicyclic amines) is 1. The van der Waals surface area contributed by atoms with Gasteiger partial charge in [0.1, 0.15) is 6.04 Å². The fourth-order valence-electron chi connectivity index (χ4n) is 3.97. The Morgan fingerprint density at radius 3 is 2.45 bits per heavy atom. The molecule has 1 aliphatic heterocycles. The zero-order valence-electron chi connectivity index (χ0n) is 12.7. The number of nitrogens with one attached hydrogen (secondary N) is 1. The van der Waals surface area contributed by atoms with Gasteiger partial charge in [-0.25, -0.2) is 0 Å². The van der Waals surface area contributed by atoms with Gasteiger partial charge >= 0.3 is 5.97 Å². The highest BCUT2D eigenvalue weighted by atomic mass is 16.5. The zero-order chi connectivity index (χ0) is 14.0. The molecule has 0 aromatic carbocycles. The molecule has 1 unspecified atom stereocenters. The molecule has 1 N–H and O–H groups in total. The lowest BCUT2D eigenvalue weighted by molar-refractivity contribution is -0.143. The SMILES string of the molecule is COC(=O)C(CN1CCC2(CCCC2)CC1)NC1CC1. The van der Waals surface area contributed by atoms with E-state index in [9.17, 15) is 4.79 Å². The number of nitrogens with zero attached hydrogens (tertiary/aromatic N) is 1. The first-order chi connectivity index (χ1) is 9.71. The minimum absolute atomic E-state index is 0.0990. The van der Waals surface area contributed by atoms with Crippen LogP contribution in [0.1, 0.15) is 51.4 Å². The van der Waals surface area contributed by atoms with Crippen LogP contribution in [0.5, 0.6) is 0 Å². The van der Waals surface area contributed by atoms with E-state index in [4.69, 9.17) is 4.74 Å². The van der Waals surface area contributed by atoms with Gasteiger partial charge in [0.2, 0.25) is 0 Å². The standard InChI is InChI=1S/C16H28N2O2/c1-20-15(19)14(17-13-4-5-13)12-18-10-8-16(9-11-18)6-2-3-7-16/h13-14,17H,2-12H2,1H3. The van der Waals surface area contributed by atoms with E-state index in [1.165, 1.54) is 58.5 Å². The average Bonchev–Trinajstić information content (AvgIpc) is 3.18. The monoisotopic (exact) mass is 280 g/mol. The fourth-order valence-corrected chi connectivity index (χ4v) is 3.97. The van der Waals surface area contributed by atoms with E-state index in [1.54, 1.807) is 0 Å². The molecule has 114 valence electrons. The van der Waals surface area contributed by atoms with Crippen LogP contribution in [0, 0.1) is 5.41 Å². The van der Waals surface area contributed by atoms with Crippen LogP contribution in [-0.4, -0.2) is 49.7 Å². The van der Waals surface area contributed by atoms with Crippen LogP contribution >= 0.6 is 0 Å². The summed E-state index contributed by atoms with van der Waals surface area (Å²) in [6.45, 7) is 3.12. The van der Waals surface area contributed by atoms with E-state index in [0.717, 1.165) is 19.6 Å². The smallest absolute Gasteiger partial charge is 0.324 e. The summed E-state index contributed by atoms with van der Waals surface area (Å²) in [6.07, 6.45) is 10.8. The van der Waals surface area contributed by atoms with E-state index in [-0.39, 0.29) is 12.0 Å². The molecule has 2 aliphatic carbocycles. The van der Waals surface area contributed by atoms with Crippen molar-refractivity contribution in [2.75, 3.05) is 26.7 Å². The molecule has 0 amide bonds. The summed E-state index contributed by atoms with van der Waals surface area (Å²) in [5.74, 6) is -0.0990. The number of methoxy groups -OCH3 is 1. The molecule has 1 saturated heterocycles. The van der Waals surface area contributed by atoms with Crippen molar-refractivity contribution in [2.45, 2.75) is 63.5 Å². The first-order valence-corrected chi connectivity index (χ1v) is 8.27. The molecule has 4 nitrogen and oxygen atoms in total. The molecule has 0 bridgehead atoms. The third kappa shape index (κ3) is 3.34. The Hall–Kier alpha value is -0.610. The lowest BCUT2D eigenvalue weighted by Crippen LogP contribution is -2.50. The minimum atomic E-state index is -0.134. The van der Waals surface area contributed by atoms with Crippen LogP contribution in [0.15, 0.2) is 0 Å². The number of hydrogen-bond donors (Lipinski definition) is 1. The lowest BCUT2D eigenvalue weighted by Gasteiger charge is -2.40. The maximum absolute atomic E-state index is 11.9. The van der Waals surface area contributed by atoms with E-state index in [2.05, 4.69) is 10.2 Å². The maximum Gasteiger partial charge on any atom is 0.324 e. The summed E-state index contributed by atoms with van der Waals surface area (Å²) in [7, 11) is 1.49. The van der Waals surface area contributed by atoms with Crippen molar-refractivity contribution in [3.8, 4) is 0 Å². The lowest BCUT2D eigenvalue weighted by atomic mass is 9.77. The number of esters is 1. The summed E-state index contributed by atoms with van der Waals surface area (Å²) >= 11 is 0. The van der Waals surface area contributed by atoms with E-state index >= 15 is 0 Å². The molecule has 3 fully saturated rings. The molecule has 20 heavy (non-hydrogen) atoms. The molecule has 3 rings (SSSR count). The van der Waals surface area contributed by atoms with Gasteiger partial charge in [0.25, 0.3) is 0 Å². The Morgan fingerprint density at radius 2 is 1.90 bits per heavy atom. The van der Waals surface area contributed by atoms with Crippen molar-refractivity contribution in [2.24, 2.45) is 5.41 Å². The Morgan fingerprint density at radius 1 is 1.25 bits per heavy atom. The van der Waals surface area contributed by atoms with Crippen LogP contribution in [0.4, 0.5) is 0 Å². The van der Waals surface area contributed by atoms with E-state index in [1.807, 2.05) is 0 Å². The highest BCUT2D eigenvalue weighted by Gasteiger charge is 2.38. The maximum atomic E-state index is 11.9. The average molecular weight is 280 g/mol. The normalized spacial score (nSPS) is 27.6. The van der Waals surface area contributed by atoms with Crippen LogP contribution in [0.2, 0.25) is 0 Å². The van der Waals surface area contributed by atoms with Crippen molar-refractivity contribution in [3.05, 3.63) is 0 Å². The molecular formula is C16H28N2O2. The number of hydrogen-bond acceptors (Lipinski definition) is 4. The Kier molecular flexibility index (Phi) is 4.32. The Bertz CT molecular complexity index is 338. The predicted octanol–water partition coefficient (Wildman–Crippen LogP) is 1.94. The third-order valence-electron chi connectivity index (χ3n) is 5.52. The summed E-state index contributed by atoms with van der Waals surface area (Å²) in [5, 5.41) is 3.43. The Balaban J connectivity index is 1.49. The summed E-state index contributed by atoms with van der Waals surface area (Å²) < 4.78 is 4.95. The highest BCUT2D eigenvalue weighted by molar-refractivity contribution is 5.76. The van der Waals surface area contributed by atoms with Gasteiger partial charge in [0.15, 0.2) is 0 Å². The molecule has 4 heteroatoms. The highest BCUT2D eigenvalue weighted by Crippen LogP contribution is 2.46. The van der Waals surface area contributed by atoms with E-state index < -0.39 is 0 Å². The van der Waals surface area contributed by atoms with Gasteiger partial charge in [-0.2, -0.15) is 0 Å². The first kappa shape index (κ1) is 14.3. The minimum Gasteiger partial charge on any atom is -0.468 e. The topological polar surface area (TPSA) is 41.6 Å². The molecule has 0 radical (unpaired) electrons. The molecule has 3 aliphatic rings. The van der Waals surface area contributed by atoms with Crippen molar-refractivity contribution in [1.82, 2.24) is 10.2 Å². The molecule has 1 heterocycles. The van der Waals surface area contributed by atoms with Gasteiger partial charge in [0.05, 0.1) is 7.11 Å². The number of rotatable bonds is 5. The summed E-state index contributed by atoms with van der Waals surface area (Å²) in [4.78, 5) is 14.3. The first-order valence-electron chi connectivity index (χ1n) is 8.27. The van der Waals surface area contributed by atoms with Gasteiger partial charge in [-0.15, -0.1) is 0 Å². The number of ether oxygens (including phenoxy) is 1. The fraction of sp³-hybridized carbons (Fsp3) is 0.938. The summed E-state index contributed by atoms with van der Waals surface area (Å²) in [5.41, 5.74) is 0.654. The predicted molar refractivity (Wildman–Crippen MR) is 78.5 cm³/mol. The van der Waals surface area contributed by atoms with Gasteiger partial charge in [-0.1, -0.05) is 12.8 Å². The molecule has 1 atom stereocenters. The second-order valence-corrected chi connectivity index (χ2v) is 7.02. The van der Waals surface area contributed by atoms with Crippen molar-refractivity contribution >= 4 is 5.97 Å². The Labute approximate surface area is 122 Å². The quantitative estimate of drug-likeness (QED) is 0.782. The molecule has 0 aromatic rings. The van der Waals surface area contributed by atoms with Gasteiger partial charge < -0.3 is 15.0 Å².